The maximum Gasteiger partial charge on any atom is 0.229 e. The van der Waals surface area contributed by atoms with Crippen LogP contribution in [0, 0.1) is 0 Å². The van der Waals surface area contributed by atoms with Crippen molar-refractivity contribution in [2.45, 2.75) is 12.5 Å². The van der Waals surface area contributed by atoms with E-state index in [0.29, 0.717) is 9.76 Å². The van der Waals surface area contributed by atoms with Gasteiger partial charge in [-0.05, 0) is 33.1 Å². The first-order chi connectivity index (χ1) is 4.27. The van der Waals surface area contributed by atoms with Gasteiger partial charge in [0.1, 0.15) is 0 Å². The molecule has 0 heterocycles. The fourth-order valence-electron chi connectivity index (χ4n) is 0.570. The van der Waals surface area contributed by atoms with E-state index < -0.39 is 0 Å². The summed E-state index contributed by atoms with van der Waals surface area (Å²) in [6.07, 6.45) is 1.25. The van der Waals surface area contributed by atoms with Crippen LogP contribution in [0.4, 0.5) is 0 Å². The molecule has 0 aromatic heterocycles. The minimum Gasteiger partial charge on any atom is -0.421 e. The SMILES string of the molecule is CO[Si]CCCN(C)C. The zero-order valence-corrected chi connectivity index (χ0v) is 7.48. The van der Waals surface area contributed by atoms with E-state index in [9.17, 15) is 0 Å². The average molecular weight is 145 g/mol. The molecule has 2 nitrogen and oxygen atoms in total. The third-order valence-electron chi connectivity index (χ3n) is 1.03. The molecule has 2 radical (unpaired) electrons. The molecule has 0 aliphatic heterocycles. The minimum atomic E-state index is 0.688. The summed E-state index contributed by atoms with van der Waals surface area (Å²) in [6.45, 7) is 1.18. The second-order valence-corrected chi connectivity index (χ2v) is 3.45. The van der Waals surface area contributed by atoms with Crippen LogP contribution in [0.2, 0.25) is 6.04 Å². The number of rotatable bonds is 5. The van der Waals surface area contributed by atoms with E-state index >= 15 is 0 Å². The lowest BCUT2D eigenvalue weighted by atomic mass is 10.5. The molecule has 0 aliphatic carbocycles. The van der Waals surface area contributed by atoms with Gasteiger partial charge in [0.15, 0.2) is 0 Å². The van der Waals surface area contributed by atoms with Crippen LogP contribution in [-0.2, 0) is 4.43 Å². The predicted octanol–water partition coefficient (Wildman–Crippen LogP) is 0.622. The second-order valence-electron chi connectivity index (χ2n) is 2.26. The molecule has 0 fully saturated rings. The molecule has 0 rings (SSSR count). The van der Waals surface area contributed by atoms with Gasteiger partial charge in [-0.25, -0.2) is 0 Å². The van der Waals surface area contributed by atoms with Crippen LogP contribution in [0.5, 0.6) is 0 Å². The fraction of sp³-hybridized carbons (Fsp3) is 1.00. The Kier molecular flexibility index (Phi) is 6.35. The lowest BCUT2D eigenvalue weighted by molar-refractivity contribution is 0.398. The van der Waals surface area contributed by atoms with E-state index in [1.807, 2.05) is 0 Å². The Bertz CT molecular complexity index is 59.0. The topological polar surface area (TPSA) is 12.5 Å². The van der Waals surface area contributed by atoms with E-state index in [0.717, 1.165) is 0 Å². The highest BCUT2D eigenvalue weighted by Crippen LogP contribution is 1.89. The van der Waals surface area contributed by atoms with Crippen LogP contribution >= 0.6 is 0 Å². The molecule has 0 saturated heterocycles. The van der Waals surface area contributed by atoms with Crippen molar-refractivity contribution in [3.8, 4) is 0 Å². The van der Waals surface area contributed by atoms with E-state index in [1.54, 1.807) is 7.11 Å². The number of hydrogen-bond donors (Lipinski definition) is 0. The van der Waals surface area contributed by atoms with Crippen molar-refractivity contribution in [1.82, 2.24) is 4.90 Å². The average Bonchev–Trinajstić information content (AvgIpc) is 1.80. The molecule has 0 bridgehead atoms. The summed E-state index contributed by atoms with van der Waals surface area (Å²) < 4.78 is 4.93. The lowest BCUT2D eigenvalue weighted by Gasteiger charge is -2.06. The van der Waals surface area contributed by atoms with Crippen molar-refractivity contribution in [2.24, 2.45) is 0 Å². The van der Waals surface area contributed by atoms with Crippen LogP contribution in [0.15, 0.2) is 0 Å². The van der Waals surface area contributed by atoms with Crippen molar-refractivity contribution < 1.29 is 4.43 Å². The third-order valence-corrected chi connectivity index (χ3v) is 1.87. The predicted molar refractivity (Wildman–Crippen MR) is 40.7 cm³/mol. The molecule has 3 heteroatoms. The van der Waals surface area contributed by atoms with E-state index in [2.05, 4.69) is 19.0 Å². The fourth-order valence-corrected chi connectivity index (χ4v) is 1.08. The Hall–Kier alpha value is 0.137. The minimum absolute atomic E-state index is 0.688. The molecule has 0 aromatic rings. The first-order valence-corrected chi connectivity index (χ1v) is 4.29. The normalized spacial score (nSPS) is 10.7. The van der Waals surface area contributed by atoms with Gasteiger partial charge in [0.2, 0.25) is 9.76 Å². The van der Waals surface area contributed by atoms with E-state index in [1.165, 1.54) is 19.0 Å². The molecular formula is C6H15NOSi. The van der Waals surface area contributed by atoms with Crippen molar-refractivity contribution in [2.75, 3.05) is 27.7 Å². The summed E-state index contributed by atoms with van der Waals surface area (Å²) in [5.74, 6) is 0. The van der Waals surface area contributed by atoms with Gasteiger partial charge in [-0.3, -0.25) is 0 Å². The monoisotopic (exact) mass is 145 g/mol. The largest absolute Gasteiger partial charge is 0.421 e. The molecule has 0 N–H and O–H groups in total. The Morgan fingerprint density at radius 2 is 2.11 bits per heavy atom. The quantitative estimate of drug-likeness (QED) is 0.415. The molecule has 0 aromatic carbocycles. The zero-order chi connectivity index (χ0) is 7.11. The van der Waals surface area contributed by atoms with Crippen molar-refractivity contribution in [3.05, 3.63) is 0 Å². The van der Waals surface area contributed by atoms with Gasteiger partial charge in [-0.2, -0.15) is 0 Å². The van der Waals surface area contributed by atoms with Crippen LogP contribution in [-0.4, -0.2) is 42.4 Å². The smallest absolute Gasteiger partial charge is 0.229 e. The van der Waals surface area contributed by atoms with E-state index in [-0.39, 0.29) is 0 Å². The molecule has 0 atom stereocenters. The van der Waals surface area contributed by atoms with Gasteiger partial charge < -0.3 is 9.33 Å². The zero-order valence-electron chi connectivity index (χ0n) is 6.48. The summed E-state index contributed by atoms with van der Waals surface area (Å²) in [5, 5.41) is 0. The summed E-state index contributed by atoms with van der Waals surface area (Å²) in [5.41, 5.74) is 0. The number of hydrogen-bond acceptors (Lipinski definition) is 2. The van der Waals surface area contributed by atoms with Crippen LogP contribution in [0.3, 0.4) is 0 Å². The maximum atomic E-state index is 4.93. The Balaban J connectivity index is 2.75. The molecule has 54 valence electrons. The van der Waals surface area contributed by atoms with Gasteiger partial charge in [0.25, 0.3) is 0 Å². The summed E-state index contributed by atoms with van der Waals surface area (Å²) >= 11 is 0. The Labute approximate surface area is 60.1 Å². The molecule has 0 saturated carbocycles. The lowest BCUT2D eigenvalue weighted by Crippen LogP contribution is -2.13. The van der Waals surface area contributed by atoms with Crippen LogP contribution < -0.4 is 0 Å². The van der Waals surface area contributed by atoms with Crippen molar-refractivity contribution >= 4 is 9.76 Å². The highest BCUT2D eigenvalue weighted by atomic mass is 28.2. The molecule has 9 heavy (non-hydrogen) atoms. The van der Waals surface area contributed by atoms with Crippen LogP contribution in [0.1, 0.15) is 6.42 Å². The molecule has 0 aliphatic rings. The Morgan fingerprint density at radius 1 is 1.44 bits per heavy atom. The first-order valence-electron chi connectivity index (χ1n) is 3.18. The van der Waals surface area contributed by atoms with Gasteiger partial charge in [0, 0.05) is 7.11 Å². The summed E-state index contributed by atoms with van der Waals surface area (Å²) in [4.78, 5) is 2.19. The van der Waals surface area contributed by atoms with Crippen molar-refractivity contribution in [1.29, 1.82) is 0 Å². The summed E-state index contributed by atoms with van der Waals surface area (Å²) in [6, 6.07) is 1.20. The first kappa shape index (κ1) is 9.14. The van der Waals surface area contributed by atoms with Gasteiger partial charge in [0.05, 0.1) is 0 Å². The standard InChI is InChI=1S/C6H15NOSi/c1-7(2)5-4-6-9-8-3/h4-6H2,1-3H3. The van der Waals surface area contributed by atoms with Gasteiger partial charge in [-0.15, -0.1) is 0 Å². The second kappa shape index (κ2) is 6.26. The Morgan fingerprint density at radius 3 is 2.56 bits per heavy atom. The molecule has 0 amide bonds. The summed E-state index contributed by atoms with van der Waals surface area (Å²) in [7, 11) is 6.63. The van der Waals surface area contributed by atoms with Gasteiger partial charge in [-0.1, -0.05) is 0 Å². The highest BCUT2D eigenvalue weighted by molar-refractivity contribution is 6.26. The third kappa shape index (κ3) is 8.14. The van der Waals surface area contributed by atoms with E-state index in [4.69, 9.17) is 4.43 Å². The molecular weight excluding hydrogens is 130 g/mol. The van der Waals surface area contributed by atoms with Crippen molar-refractivity contribution in [3.63, 3.8) is 0 Å². The molecule has 0 unspecified atom stereocenters. The van der Waals surface area contributed by atoms with Gasteiger partial charge >= 0.3 is 0 Å². The number of nitrogens with zero attached hydrogens (tertiary/aromatic N) is 1. The van der Waals surface area contributed by atoms with Crippen LogP contribution in [0.25, 0.3) is 0 Å². The highest BCUT2D eigenvalue weighted by Gasteiger charge is 1.90. The maximum absolute atomic E-state index is 4.93. The molecule has 0 spiro atoms.